The highest BCUT2D eigenvalue weighted by atomic mass is 16.2. The van der Waals surface area contributed by atoms with Crippen LogP contribution < -0.4 is 0 Å². The van der Waals surface area contributed by atoms with E-state index in [-0.39, 0.29) is 0 Å². The Balaban J connectivity index is 2.90. The summed E-state index contributed by atoms with van der Waals surface area (Å²) >= 11 is 0. The third-order valence-corrected chi connectivity index (χ3v) is 1.39. The second kappa shape index (κ2) is 8.34. The second-order valence-electron chi connectivity index (χ2n) is 2.34. The molecule has 0 unspecified atom stereocenters. The number of nitrogens with zero attached hydrogens (tertiary/aromatic N) is 1. The summed E-state index contributed by atoms with van der Waals surface area (Å²) in [6.45, 7) is 2.18. The first kappa shape index (κ1) is 9.34. The molecule has 0 rings (SSSR count). The highest BCUT2D eigenvalue weighted by Crippen LogP contribution is 2.02. The Morgan fingerprint density at radius 3 is 2.70 bits per heavy atom. The first-order chi connectivity index (χ1) is 4.91. The molecule has 0 heterocycles. The Labute approximate surface area is 62.3 Å². The molecule has 0 saturated heterocycles. The first-order valence-corrected chi connectivity index (χ1v) is 3.89. The maximum atomic E-state index is 9.56. The van der Waals surface area contributed by atoms with Crippen LogP contribution in [0.25, 0.3) is 0 Å². The van der Waals surface area contributed by atoms with Crippen LogP contribution in [0.4, 0.5) is 0 Å². The van der Waals surface area contributed by atoms with E-state index in [1.807, 2.05) is 6.08 Å². The third-order valence-electron chi connectivity index (χ3n) is 1.39. The van der Waals surface area contributed by atoms with E-state index >= 15 is 0 Å². The second-order valence-corrected chi connectivity index (χ2v) is 2.34. The van der Waals surface area contributed by atoms with Crippen LogP contribution >= 0.6 is 0 Å². The lowest BCUT2D eigenvalue weighted by Crippen LogP contribution is -1.72. The average Bonchev–Trinajstić information content (AvgIpc) is 1.97. The number of hydrogen-bond donors (Lipinski definition) is 0. The maximum Gasteiger partial charge on any atom is 0.0675 e. The fourth-order valence-corrected chi connectivity index (χ4v) is 0.807. The number of hydrogen-bond acceptors (Lipinski definition) is 2. The van der Waals surface area contributed by atoms with E-state index in [0.717, 1.165) is 6.42 Å². The third kappa shape index (κ3) is 7.34. The Hall–Kier alpha value is -0.660. The van der Waals surface area contributed by atoms with Crippen LogP contribution in [0.15, 0.2) is 17.5 Å². The summed E-state index contributed by atoms with van der Waals surface area (Å²) in [7, 11) is 0. The van der Waals surface area contributed by atoms with Crippen LogP contribution in [0.3, 0.4) is 0 Å². The van der Waals surface area contributed by atoms with Gasteiger partial charge in [-0.1, -0.05) is 32.3 Å². The van der Waals surface area contributed by atoms with Crippen LogP contribution in [-0.4, -0.2) is 0 Å². The molecule has 0 spiro atoms. The van der Waals surface area contributed by atoms with Gasteiger partial charge in [-0.25, -0.2) is 0 Å². The molecule has 0 aromatic carbocycles. The van der Waals surface area contributed by atoms with Crippen LogP contribution in [0.5, 0.6) is 0 Å². The molecule has 0 aliphatic heterocycles. The summed E-state index contributed by atoms with van der Waals surface area (Å²) in [5, 5.41) is 2.62. The lowest BCUT2D eigenvalue weighted by Gasteiger charge is -1.92. The van der Waals surface area contributed by atoms with Gasteiger partial charge in [0, 0.05) is 0 Å². The Bertz CT molecular complexity index is 99.4. The molecule has 0 bridgehead atoms. The molecule has 58 valence electrons. The van der Waals surface area contributed by atoms with Crippen LogP contribution in [0, 0.1) is 4.91 Å². The summed E-state index contributed by atoms with van der Waals surface area (Å²) < 4.78 is 0. The Morgan fingerprint density at radius 1 is 1.30 bits per heavy atom. The van der Waals surface area contributed by atoms with E-state index in [9.17, 15) is 4.91 Å². The lowest BCUT2D eigenvalue weighted by atomic mass is 10.1. The van der Waals surface area contributed by atoms with Gasteiger partial charge in [0.2, 0.25) is 0 Å². The fraction of sp³-hybridized carbons (Fsp3) is 0.750. The zero-order chi connectivity index (χ0) is 7.66. The van der Waals surface area contributed by atoms with Crippen molar-refractivity contribution in [2.75, 3.05) is 0 Å². The number of unbranched alkanes of at least 4 members (excludes halogenated alkanes) is 4. The summed E-state index contributed by atoms with van der Waals surface area (Å²) in [6, 6.07) is 0. The molecule has 0 aromatic heterocycles. The van der Waals surface area contributed by atoms with E-state index in [1.54, 1.807) is 0 Å². The molecule has 2 nitrogen and oxygen atoms in total. The van der Waals surface area contributed by atoms with Crippen LogP contribution in [0.1, 0.15) is 39.0 Å². The van der Waals surface area contributed by atoms with Crippen molar-refractivity contribution in [2.45, 2.75) is 39.0 Å². The molecule has 0 atom stereocenters. The minimum Gasteiger partial charge on any atom is -0.145 e. The van der Waals surface area contributed by atoms with Gasteiger partial charge in [-0.15, -0.1) is 4.91 Å². The largest absolute Gasteiger partial charge is 0.145 e. The molecular weight excluding hydrogens is 126 g/mol. The van der Waals surface area contributed by atoms with Crippen molar-refractivity contribution >= 4 is 0 Å². The van der Waals surface area contributed by atoms with Gasteiger partial charge >= 0.3 is 0 Å². The highest BCUT2D eigenvalue weighted by molar-refractivity contribution is 4.78. The van der Waals surface area contributed by atoms with Crippen molar-refractivity contribution in [3.63, 3.8) is 0 Å². The molecule has 10 heavy (non-hydrogen) atoms. The first-order valence-electron chi connectivity index (χ1n) is 3.89. The number of nitroso groups, excluding NO2 is 1. The van der Waals surface area contributed by atoms with Gasteiger partial charge in [-0.3, -0.25) is 0 Å². The van der Waals surface area contributed by atoms with E-state index < -0.39 is 0 Å². The smallest absolute Gasteiger partial charge is 0.0675 e. The van der Waals surface area contributed by atoms with Crippen molar-refractivity contribution in [1.82, 2.24) is 0 Å². The van der Waals surface area contributed by atoms with Gasteiger partial charge < -0.3 is 0 Å². The molecule has 0 aromatic rings. The van der Waals surface area contributed by atoms with Crippen LogP contribution in [-0.2, 0) is 0 Å². The molecule has 0 aliphatic rings. The van der Waals surface area contributed by atoms with Crippen molar-refractivity contribution in [3.8, 4) is 0 Å². The van der Waals surface area contributed by atoms with E-state index in [0.29, 0.717) is 0 Å². The van der Waals surface area contributed by atoms with Gasteiger partial charge in [-0.05, 0) is 18.0 Å². The van der Waals surface area contributed by atoms with E-state index in [2.05, 4.69) is 12.1 Å². The average molecular weight is 141 g/mol. The van der Waals surface area contributed by atoms with Crippen molar-refractivity contribution in [2.24, 2.45) is 5.18 Å². The SMILES string of the molecule is CCCCCCC=CN=O. The summed E-state index contributed by atoms with van der Waals surface area (Å²) in [5.41, 5.74) is 0. The minimum absolute atomic E-state index is 0.992. The molecule has 0 radical (unpaired) electrons. The van der Waals surface area contributed by atoms with Gasteiger partial charge in [0.25, 0.3) is 0 Å². The van der Waals surface area contributed by atoms with Gasteiger partial charge in [0.15, 0.2) is 0 Å². The summed E-state index contributed by atoms with van der Waals surface area (Å²) in [5.74, 6) is 0. The van der Waals surface area contributed by atoms with Crippen molar-refractivity contribution in [3.05, 3.63) is 17.2 Å². The number of allylic oxidation sites excluding steroid dienone is 1. The normalized spacial score (nSPS) is 10.5. The van der Waals surface area contributed by atoms with Crippen molar-refractivity contribution in [1.29, 1.82) is 0 Å². The van der Waals surface area contributed by atoms with Gasteiger partial charge in [0.05, 0.1) is 6.20 Å². The molecule has 0 saturated carbocycles. The molecule has 0 fully saturated rings. The lowest BCUT2D eigenvalue weighted by molar-refractivity contribution is 0.674. The molecule has 0 amide bonds. The monoisotopic (exact) mass is 141 g/mol. The molecule has 2 heteroatoms. The Morgan fingerprint density at radius 2 is 2.10 bits per heavy atom. The fourth-order valence-electron chi connectivity index (χ4n) is 0.807. The standard InChI is InChI=1S/C8H15NO/c1-2-3-4-5-6-7-8-9-10/h7-8H,2-6H2,1H3. The predicted molar refractivity (Wildman–Crippen MR) is 43.7 cm³/mol. The van der Waals surface area contributed by atoms with Gasteiger partial charge in [-0.2, -0.15) is 0 Å². The summed E-state index contributed by atoms with van der Waals surface area (Å²) in [6.07, 6.45) is 9.14. The topological polar surface area (TPSA) is 29.4 Å². The maximum absolute atomic E-state index is 9.56. The van der Waals surface area contributed by atoms with Crippen LogP contribution in [0.2, 0.25) is 0 Å². The number of rotatable bonds is 6. The zero-order valence-corrected chi connectivity index (χ0v) is 6.55. The zero-order valence-electron chi connectivity index (χ0n) is 6.55. The minimum atomic E-state index is 0.992. The predicted octanol–water partition coefficient (Wildman–Crippen LogP) is 3.24. The van der Waals surface area contributed by atoms with Crippen molar-refractivity contribution < 1.29 is 0 Å². The van der Waals surface area contributed by atoms with E-state index in [1.165, 1.54) is 31.9 Å². The van der Waals surface area contributed by atoms with Gasteiger partial charge in [0.1, 0.15) is 0 Å². The quantitative estimate of drug-likeness (QED) is 0.412. The van der Waals surface area contributed by atoms with E-state index in [4.69, 9.17) is 0 Å². The highest BCUT2D eigenvalue weighted by Gasteiger charge is 1.83. The molecular formula is C8H15NO. The molecule has 0 N–H and O–H groups in total. The Kier molecular flexibility index (Phi) is 7.79. The summed E-state index contributed by atoms with van der Waals surface area (Å²) in [4.78, 5) is 9.56. The molecule has 0 aliphatic carbocycles.